The van der Waals surface area contributed by atoms with Crippen LogP contribution in [-0.4, -0.2) is 62.0 Å². The van der Waals surface area contributed by atoms with E-state index in [4.69, 9.17) is 0 Å². The number of carboxylic acid groups (broad SMARTS) is 2. The van der Waals surface area contributed by atoms with Crippen molar-refractivity contribution in [3.8, 4) is 0 Å². The summed E-state index contributed by atoms with van der Waals surface area (Å²) in [4.78, 5) is 19.8. The summed E-state index contributed by atoms with van der Waals surface area (Å²) in [6, 6.07) is 0. The molecule has 2 atom stereocenters. The summed E-state index contributed by atoms with van der Waals surface area (Å²) in [5, 5.41) is 19.8. The van der Waals surface area contributed by atoms with Crippen LogP contribution in [0.2, 0.25) is 0 Å². The maximum Gasteiger partial charge on any atom is 2.00 e. The fourth-order valence-corrected chi connectivity index (χ4v) is 1.74. The first-order chi connectivity index (χ1) is 10.4. The smallest absolute Gasteiger partial charge is 0.547 e. The average molecular weight is 362 g/mol. The molecule has 0 N–H and O–H groups in total. The molecule has 0 saturated carbocycles. The van der Waals surface area contributed by atoms with Crippen LogP contribution in [0.5, 0.6) is 0 Å². The zero-order valence-corrected chi connectivity index (χ0v) is 16.5. The number of unbranched alkanes of at least 4 members (excludes halogenated alkanes) is 6. The summed E-state index contributed by atoms with van der Waals surface area (Å²) in [7, 11) is 0. The minimum atomic E-state index is -1.77. The van der Waals surface area contributed by atoms with Gasteiger partial charge in [0, 0.05) is 0 Å². The fourth-order valence-electron chi connectivity index (χ4n) is 1.74. The minimum Gasteiger partial charge on any atom is -0.547 e. The molecule has 0 aliphatic carbocycles. The van der Waals surface area contributed by atoms with Crippen LogP contribution >= 0.6 is 0 Å². The monoisotopic (exact) mass is 362 g/mol. The van der Waals surface area contributed by atoms with Gasteiger partial charge in [-0.25, -0.2) is 8.78 Å². The van der Waals surface area contributed by atoms with Gasteiger partial charge in [0.25, 0.3) is 0 Å². The van der Waals surface area contributed by atoms with Gasteiger partial charge in [-0.05, 0) is 12.8 Å². The van der Waals surface area contributed by atoms with Crippen molar-refractivity contribution in [1.29, 1.82) is 0 Å². The van der Waals surface area contributed by atoms with Gasteiger partial charge in [0.1, 0.15) is 12.3 Å². The number of carbonyl (C=O) groups is 2. The standard InChI is InChI=1S/2C8H15FO2.Ca/c2*1-2-3-4-5-6-7(9)8(10)11;/h2*7H,2-6H2,1H3,(H,10,11);/q;;+2/p-2. The molecule has 0 amide bonds. The Morgan fingerprint density at radius 3 is 1.26 bits per heavy atom. The molecule has 132 valence electrons. The van der Waals surface area contributed by atoms with Gasteiger partial charge in [0.15, 0.2) is 0 Å². The van der Waals surface area contributed by atoms with Gasteiger partial charge in [-0.15, -0.1) is 0 Å². The second kappa shape index (κ2) is 20.1. The van der Waals surface area contributed by atoms with E-state index in [1.54, 1.807) is 0 Å². The maximum atomic E-state index is 12.3. The molecule has 0 aromatic heterocycles. The molecule has 0 heterocycles. The van der Waals surface area contributed by atoms with Crippen molar-refractivity contribution >= 4 is 49.7 Å². The Balaban J connectivity index is -0.000000333. The largest absolute Gasteiger partial charge is 2.00 e. The van der Waals surface area contributed by atoms with Crippen LogP contribution in [0.1, 0.15) is 78.1 Å². The van der Waals surface area contributed by atoms with Crippen LogP contribution < -0.4 is 10.2 Å². The summed E-state index contributed by atoms with van der Waals surface area (Å²) in [6.07, 6.45) is 3.98. The number of hydrogen-bond acceptors (Lipinski definition) is 4. The SMILES string of the molecule is CCCCCCC(F)C(=O)[O-].CCCCCCC(F)C(=O)[O-].[Ca+2]. The van der Waals surface area contributed by atoms with Crippen LogP contribution in [0.25, 0.3) is 0 Å². The molecule has 0 spiro atoms. The van der Waals surface area contributed by atoms with Crippen LogP contribution in [0.3, 0.4) is 0 Å². The molecule has 23 heavy (non-hydrogen) atoms. The van der Waals surface area contributed by atoms with Crippen molar-refractivity contribution in [3.05, 3.63) is 0 Å². The van der Waals surface area contributed by atoms with Crippen LogP contribution in [0.15, 0.2) is 0 Å². The van der Waals surface area contributed by atoms with Crippen LogP contribution in [-0.2, 0) is 9.59 Å². The van der Waals surface area contributed by atoms with Gasteiger partial charge >= 0.3 is 37.7 Å². The van der Waals surface area contributed by atoms with E-state index >= 15 is 0 Å². The Labute approximate surface area is 168 Å². The molecule has 2 unspecified atom stereocenters. The minimum absolute atomic E-state index is 0. The Morgan fingerprint density at radius 1 is 0.739 bits per heavy atom. The van der Waals surface area contributed by atoms with E-state index in [9.17, 15) is 28.6 Å². The number of carboxylic acids is 2. The molecule has 4 nitrogen and oxygen atoms in total. The maximum absolute atomic E-state index is 12.3. The van der Waals surface area contributed by atoms with E-state index in [0.29, 0.717) is 12.8 Å². The van der Waals surface area contributed by atoms with Crippen molar-refractivity contribution in [1.82, 2.24) is 0 Å². The van der Waals surface area contributed by atoms with E-state index < -0.39 is 24.3 Å². The number of carbonyl (C=O) groups excluding carboxylic acids is 2. The van der Waals surface area contributed by atoms with E-state index in [1.165, 1.54) is 0 Å². The van der Waals surface area contributed by atoms with Crippen molar-refractivity contribution < 1.29 is 28.6 Å². The Bertz CT molecular complexity index is 263. The number of aliphatic carboxylic acids is 2. The normalized spacial score (nSPS) is 12.3. The quantitative estimate of drug-likeness (QED) is 0.391. The van der Waals surface area contributed by atoms with Crippen LogP contribution in [0.4, 0.5) is 8.78 Å². The Morgan fingerprint density at radius 2 is 1.04 bits per heavy atom. The summed E-state index contributed by atoms with van der Waals surface area (Å²) in [5.74, 6) is -3.16. The molecule has 0 radical (unpaired) electrons. The predicted octanol–water partition coefficient (Wildman–Crippen LogP) is 1.71. The zero-order valence-electron chi connectivity index (χ0n) is 14.3. The molecule has 0 rings (SSSR count). The molecule has 0 aliphatic rings. The van der Waals surface area contributed by atoms with Gasteiger partial charge in [0.05, 0.1) is 11.9 Å². The molecular formula is C16H28CaF2O4. The third-order valence-corrected chi connectivity index (χ3v) is 3.13. The number of rotatable bonds is 12. The predicted molar refractivity (Wildman–Crippen MR) is 83.1 cm³/mol. The van der Waals surface area contributed by atoms with Gasteiger partial charge in [-0.2, -0.15) is 0 Å². The first-order valence-electron chi connectivity index (χ1n) is 8.06. The van der Waals surface area contributed by atoms with Gasteiger partial charge in [-0.1, -0.05) is 65.2 Å². The van der Waals surface area contributed by atoms with E-state index in [1.807, 2.05) is 13.8 Å². The van der Waals surface area contributed by atoms with Crippen LogP contribution in [0, 0.1) is 0 Å². The molecule has 0 bridgehead atoms. The summed E-state index contributed by atoms with van der Waals surface area (Å²) < 4.78 is 24.6. The van der Waals surface area contributed by atoms with E-state index in [0.717, 1.165) is 38.5 Å². The average Bonchev–Trinajstić information content (AvgIpc) is 2.48. The van der Waals surface area contributed by atoms with Crippen molar-refractivity contribution in [2.24, 2.45) is 0 Å². The molecule has 0 aromatic rings. The topological polar surface area (TPSA) is 80.3 Å². The molecule has 7 heteroatoms. The third kappa shape index (κ3) is 22.1. The second-order valence-corrected chi connectivity index (χ2v) is 5.27. The first-order valence-corrected chi connectivity index (χ1v) is 8.06. The molecule has 0 fully saturated rings. The molecule has 0 aromatic carbocycles. The van der Waals surface area contributed by atoms with Gasteiger partial charge in [-0.3, -0.25) is 0 Å². The van der Waals surface area contributed by atoms with Gasteiger partial charge < -0.3 is 19.8 Å². The third-order valence-electron chi connectivity index (χ3n) is 3.13. The number of halogens is 2. The number of alkyl halides is 2. The zero-order chi connectivity index (χ0) is 17.4. The Hall–Kier alpha value is 0.0597. The number of hydrogen-bond donors (Lipinski definition) is 0. The van der Waals surface area contributed by atoms with Crippen molar-refractivity contribution in [3.63, 3.8) is 0 Å². The van der Waals surface area contributed by atoms with Crippen molar-refractivity contribution in [2.75, 3.05) is 0 Å². The van der Waals surface area contributed by atoms with E-state index in [-0.39, 0.29) is 50.6 Å². The summed E-state index contributed by atoms with van der Waals surface area (Å²) in [6.45, 7) is 4.09. The second-order valence-electron chi connectivity index (χ2n) is 5.27. The summed E-state index contributed by atoms with van der Waals surface area (Å²) >= 11 is 0. The molecule has 0 saturated heterocycles. The van der Waals surface area contributed by atoms with E-state index in [2.05, 4.69) is 0 Å². The molecule has 0 aliphatic heterocycles. The van der Waals surface area contributed by atoms with Gasteiger partial charge in [0.2, 0.25) is 0 Å². The molecular weight excluding hydrogens is 334 g/mol. The first kappa shape index (κ1) is 27.9. The fraction of sp³-hybridized carbons (Fsp3) is 0.875. The Kier molecular flexibility index (Phi) is 24.4. The van der Waals surface area contributed by atoms with Crippen molar-refractivity contribution in [2.45, 2.75) is 90.4 Å². The summed E-state index contributed by atoms with van der Waals surface area (Å²) in [5.41, 5.74) is 0.